The van der Waals surface area contributed by atoms with Gasteiger partial charge in [-0.05, 0) is 55.8 Å². The van der Waals surface area contributed by atoms with E-state index < -0.39 is 0 Å². The standard InChI is InChI=1S/C24H29NO2/c1-25-20-14-15-22(25)23(24(26)27-2)21(16-20)19-12-10-18(11-13-19)9-8-17-6-4-3-5-7-17/h3-7,10-13,20-23H,8-9,14-16H2,1-2H3/t20-,21-,22?,23?/m1/s1. The number of carbonyl (C=O) groups is 1. The Bertz CT molecular complexity index is 771. The number of ether oxygens (including phenoxy) is 1. The van der Waals surface area contributed by atoms with Crippen molar-refractivity contribution in [2.75, 3.05) is 14.2 Å². The van der Waals surface area contributed by atoms with Crippen molar-refractivity contribution in [1.82, 2.24) is 4.90 Å². The highest BCUT2D eigenvalue weighted by Crippen LogP contribution is 2.46. The zero-order chi connectivity index (χ0) is 18.8. The molecule has 0 N–H and O–H groups in total. The summed E-state index contributed by atoms with van der Waals surface area (Å²) >= 11 is 0. The molecule has 3 heteroatoms. The van der Waals surface area contributed by atoms with Gasteiger partial charge in [-0.3, -0.25) is 9.69 Å². The molecule has 2 heterocycles. The number of esters is 1. The summed E-state index contributed by atoms with van der Waals surface area (Å²) in [6.07, 6.45) is 5.45. The number of nitrogens with zero attached hydrogens (tertiary/aromatic N) is 1. The molecule has 0 aliphatic carbocycles. The van der Waals surface area contributed by atoms with Gasteiger partial charge in [-0.1, -0.05) is 54.6 Å². The van der Waals surface area contributed by atoms with Crippen molar-refractivity contribution in [3.8, 4) is 0 Å². The molecule has 2 unspecified atom stereocenters. The lowest BCUT2D eigenvalue weighted by Gasteiger charge is -2.41. The van der Waals surface area contributed by atoms with Crippen LogP contribution in [0.25, 0.3) is 0 Å². The number of piperidine rings is 1. The van der Waals surface area contributed by atoms with E-state index in [1.807, 2.05) is 0 Å². The molecule has 0 aromatic heterocycles. The summed E-state index contributed by atoms with van der Waals surface area (Å²) in [5.74, 6) is 0.175. The molecule has 142 valence electrons. The summed E-state index contributed by atoms with van der Waals surface area (Å²) in [5, 5.41) is 0. The van der Waals surface area contributed by atoms with Gasteiger partial charge in [0.15, 0.2) is 0 Å². The Morgan fingerprint density at radius 2 is 1.67 bits per heavy atom. The molecule has 2 aromatic rings. The molecule has 0 spiro atoms. The van der Waals surface area contributed by atoms with Crippen LogP contribution in [0.1, 0.15) is 41.9 Å². The summed E-state index contributed by atoms with van der Waals surface area (Å²) in [5.41, 5.74) is 4.02. The van der Waals surface area contributed by atoms with E-state index in [1.54, 1.807) is 0 Å². The van der Waals surface area contributed by atoms with Crippen LogP contribution < -0.4 is 0 Å². The van der Waals surface area contributed by atoms with Gasteiger partial charge in [-0.25, -0.2) is 0 Å². The normalized spacial score (nSPS) is 27.5. The summed E-state index contributed by atoms with van der Waals surface area (Å²) in [7, 11) is 3.69. The van der Waals surface area contributed by atoms with Crippen LogP contribution in [0, 0.1) is 5.92 Å². The van der Waals surface area contributed by atoms with E-state index in [0.29, 0.717) is 12.1 Å². The summed E-state index contributed by atoms with van der Waals surface area (Å²) < 4.78 is 5.19. The minimum absolute atomic E-state index is 0.0473. The van der Waals surface area contributed by atoms with E-state index in [9.17, 15) is 4.79 Å². The first kappa shape index (κ1) is 18.2. The zero-order valence-corrected chi connectivity index (χ0v) is 16.3. The van der Waals surface area contributed by atoms with Crippen LogP contribution in [0.2, 0.25) is 0 Å². The van der Waals surface area contributed by atoms with E-state index in [1.165, 1.54) is 30.2 Å². The molecule has 2 aromatic carbocycles. The molecule has 0 radical (unpaired) electrons. The van der Waals surface area contributed by atoms with Gasteiger partial charge < -0.3 is 4.74 Å². The van der Waals surface area contributed by atoms with Gasteiger partial charge in [0.2, 0.25) is 0 Å². The highest BCUT2D eigenvalue weighted by Gasteiger charge is 2.49. The smallest absolute Gasteiger partial charge is 0.310 e. The molecule has 2 aliphatic heterocycles. The molecule has 2 saturated heterocycles. The zero-order valence-electron chi connectivity index (χ0n) is 16.3. The molecule has 2 fully saturated rings. The topological polar surface area (TPSA) is 29.5 Å². The van der Waals surface area contributed by atoms with Crippen LogP contribution >= 0.6 is 0 Å². The van der Waals surface area contributed by atoms with Gasteiger partial charge in [-0.15, -0.1) is 0 Å². The van der Waals surface area contributed by atoms with E-state index in [4.69, 9.17) is 4.74 Å². The average molecular weight is 364 g/mol. The Morgan fingerprint density at radius 3 is 2.33 bits per heavy atom. The number of rotatable bonds is 5. The number of fused-ring (bicyclic) bond motifs is 2. The van der Waals surface area contributed by atoms with Crippen LogP contribution in [0.5, 0.6) is 0 Å². The molecular formula is C24H29NO2. The van der Waals surface area contributed by atoms with Gasteiger partial charge in [0, 0.05) is 18.0 Å². The summed E-state index contributed by atoms with van der Waals surface area (Å²) in [6, 6.07) is 20.5. The third-order valence-electron chi connectivity index (χ3n) is 6.70. The maximum Gasteiger partial charge on any atom is 0.310 e. The Labute approximate surface area is 162 Å². The summed E-state index contributed by atoms with van der Waals surface area (Å²) in [6.45, 7) is 0. The maximum absolute atomic E-state index is 12.6. The van der Waals surface area contributed by atoms with Crippen LogP contribution in [0.3, 0.4) is 0 Å². The fourth-order valence-corrected chi connectivity index (χ4v) is 5.13. The van der Waals surface area contributed by atoms with Crippen LogP contribution in [-0.4, -0.2) is 37.1 Å². The van der Waals surface area contributed by atoms with E-state index in [0.717, 1.165) is 25.7 Å². The molecule has 2 bridgehead atoms. The highest BCUT2D eigenvalue weighted by molar-refractivity contribution is 5.75. The number of hydrogen-bond donors (Lipinski definition) is 0. The predicted molar refractivity (Wildman–Crippen MR) is 108 cm³/mol. The van der Waals surface area contributed by atoms with E-state index in [2.05, 4.69) is 66.5 Å². The Kier molecular flexibility index (Phi) is 5.31. The summed E-state index contributed by atoms with van der Waals surface area (Å²) in [4.78, 5) is 15.0. The second-order valence-corrected chi connectivity index (χ2v) is 8.08. The number of benzene rings is 2. The number of hydrogen-bond acceptors (Lipinski definition) is 3. The van der Waals surface area contributed by atoms with Crippen molar-refractivity contribution in [1.29, 1.82) is 0 Å². The van der Waals surface area contributed by atoms with Crippen molar-refractivity contribution in [2.24, 2.45) is 5.92 Å². The minimum Gasteiger partial charge on any atom is -0.469 e. The lowest BCUT2D eigenvalue weighted by Crippen LogP contribution is -2.49. The maximum atomic E-state index is 12.6. The van der Waals surface area contributed by atoms with Crippen molar-refractivity contribution in [3.05, 3.63) is 71.3 Å². The molecule has 27 heavy (non-hydrogen) atoms. The van der Waals surface area contributed by atoms with Gasteiger partial charge >= 0.3 is 5.97 Å². The Morgan fingerprint density at radius 1 is 1.00 bits per heavy atom. The highest BCUT2D eigenvalue weighted by atomic mass is 16.5. The van der Waals surface area contributed by atoms with Crippen molar-refractivity contribution in [3.63, 3.8) is 0 Å². The number of aryl methyl sites for hydroxylation is 2. The van der Waals surface area contributed by atoms with Crippen molar-refractivity contribution < 1.29 is 9.53 Å². The monoisotopic (exact) mass is 363 g/mol. The fourth-order valence-electron chi connectivity index (χ4n) is 5.13. The van der Waals surface area contributed by atoms with Crippen molar-refractivity contribution in [2.45, 2.75) is 50.1 Å². The first-order valence-corrected chi connectivity index (χ1v) is 10.1. The Hall–Kier alpha value is -2.13. The first-order chi connectivity index (χ1) is 13.2. The largest absolute Gasteiger partial charge is 0.469 e. The van der Waals surface area contributed by atoms with E-state index >= 15 is 0 Å². The lowest BCUT2D eigenvalue weighted by atomic mass is 9.76. The fraction of sp³-hybridized carbons (Fsp3) is 0.458. The third kappa shape index (κ3) is 3.66. The molecule has 4 atom stereocenters. The van der Waals surface area contributed by atoms with Gasteiger partial charge in [0.1, 0.15) is 0 Å². The molecule has 0 saturated carbocycles. The molecule has 3 nitrogen and oxygen atoms in total. The van der Waals surface area contributed by atoms with Crippen LogP contribution in [0.15, 0.2) is 54.6 Å². The quantitative estimate of drug-likeness (QED) is 0.745. The average Bonchev–Trinajstić information content (AvgIpc) is 2.95. The number of methoxy groups -OCH3 is 1. The van der Waals surface area contributed by atoms with Gasteiger partial charge in [0.25, 0.3) is 0 Å². The van der Waals surface area contributed by atoms with E-state index in [-0.39, 0.29) is 17.8 Å². The van der Waals surface area contributed by atoms with Crippen molar-refractivity contribution >= 4 is 5.97 Å². The lowest BCUT2D eigenvalue weighted by molar-refractivity contribution is -0.150. The molecule has 0 amide bonds. The molecule has 4 rings (SSSR count). The SMILES string of the molecule is COC(=O)C1C2CC[C@H](C[C@@H]1c1ccc(CCc3ccccc3)cc1)N2C. The molecular weight excluding hydrogens is 334 g/mol. The predicted octanol–water partition coefficient (Wildman–Crippen LogP) is 4.21. The second kappa shape index (κ2) is 7.85. The van der Waals surface area contributed by atoms with Gasteiger partial charge in [0.05, 0.1) is 13.0 Å². The molecule has 2 aliphatic rings. The Balaban J connectivity index is 1.49. The minimum atomic E-state index is -0.0506. The van der Waals surface area contributed by atoms with Crippen LogP contribution in [-0.2, 0) is 22.4 Å². The number of carbonyl (C=O) groups excluding carboxylic acids is 1. The van der Waals surface area contributed by atoms with Gasteiger partial charge in [-0.2, -0.15) is 0 Å². The van der Waals surface area contributed by atoms with Crippen LogP contribution in [0.4, 0.5) is 0 Å². The second-order valence-electron chi connectivity index (χ2n) is 8.08. The third-order valence-corrected chi connectivity index (χ3v) is 6.70. The first-order valence-electron chi connectivity index (χ1n) is 10.1.